The van der Waals surface area contributed by atoms with E-state index in [-0.39, 0.29) is 5.63 Å². The molecular formula is C10H9BO2. The molecule has 0 fully saturated rings. The first-order chi connectivity index (χ1) is 6.31. The van der Waals surface area contributed by atoms with Gasteiger partial charge in [-0.1, -0.05) is 24.0 Å². The predicted octanol–water partition coefficient (Wildman–Crippen LogP) is 0.926. The molecule has 1 aromatic carbocycles. The Balaban J connectivity index is 2.80. The van der Waals surface area contributed by atoms with Gasteiger partial charge in [-0.05, 0) is 17.5 Å². The largest absolute Gasteiger partial charge is 0.431 e. The van der Waals surface area contributed by atoms with Crippen molar-refractivity contribution in [1.29, 1.82) is 0 Å². The lowest BCUT2D eigenvalue weighted by Crippen LogP contribution is -1.98. The van der Waals surface area contributed by atoms with Gasteiger partial charge in [-0.3, -0.25) is 0 Å². The summed E-state index contributed by atoms with van der Waals surface area (Å²) >= 11 is 0. The maximum Gasteiger partial charge on any atom is 0.343 e. The zero-order valence-electron chi connectivity index (χ0n) is 7.41. The van der Waals surface area contributed by atoms with E-state index in [9.17, 15) is 4.79 Å². The molecule has 0 aliphatic carbocycles. The van der Waals surface area contributed by atoms with Crippen molar-refractivity contribution in [3.63, 3.8) is 0 Å². The lowest BCUT2D eigenvalue weighted by atomic mass is 9.95. The summed E-state index contributed by atoms with van der Waals surface area (Å²) < 4.78 is 4.76. The van der Waals surface area contributed by atoms with Gasteiger partial charge in [0.25, 0.3) is 0 Å². The quantitative estimate of drug-likeness (QED) is 0.598. The molecule has 0 amide bonds. The summed E-state index contributed by atoms with van der Waals surface area (Å²) in [7, 11) is 2.09. The zero-order chi connectivity index (χ0) is 9.26. The number of hydrogen-bond acceptors (Lipinski definition) is 2. The van der Waals surface area contributed by atoms with Gasteiger partial charge in [0, 0.05) is 0 Å². The second-order valence-electron chi connectivity index (χ2n) is 2.98. The Hall–Kier alpha value is -1.51. The van der Waals surface area contributed by atoms with E-state index in [1.807, 2.05) is 24.3 Å². The fourth-order valence-corrected chi connectivity index (χ4v) is 1.39. The van der Waals surface area contributed by atoms with Gasteiger partial charge in [0.15, 0.2) is 0 Å². The van der Waals surface area contributed by atoms with E-state index in [1.54, 1.807) is 0 Å². The van der Waals surface area contributed by atoms with E-state index < -0.39 is 0 Å². The highest BCUT2D eigenvalue weighted by Gasteiger charge is 1.98. The predicted molar refractivity (Wildman–Crippen MR) is 54.7 cm³/mol. The topological polar surface area (TPSA) is 30.2 Å². The normalized spacial score (nSPS) is 10.5. The van der Waals surface area contributed by atoms with E-state index in [0.717, 1.165) is 11.7 Å². The summed E-state index contributed by atoms with van der Waals surface area (Å²) in [5.41, 5.74) is 0.971. The molecule has 64 valence electrons. The van der Waals surface area contributed by atoms with Crippen molar-refractivity contribution >= 4 is 18.6 Å². The van der Waals surface area contributed by atoms with Crippen LogP contribution in [0.2, 0.25) is 0 Å². The summed E-state index contributed by atoms with van der Waals surface area (Å²) in [5, 5.41) is 1.61. The molecule has 0 saturated heterocycles. The van der Waals surface area contributed by atoms with Crippen LogP contribution in [-0.2, 0) is 6.32 Å². The first-order valence-electron chi connectivity index (χ1n) is 4.31. The molecule has 0 atom stereocenters. The average Bonchev–Trinajstić information content (AvgIpc) is 2.18. The Morgan fingerprint density at radius 2 is 2.15 bits per heavy atom. The molecule has 2 aromatic rings. The second kappa shape index (κ2) is 3.09. The van der Waals surface area contributed by atoms with Gasteiger partial charge in [0.1, 0.15) is 7.85 Å². The van der Waals surface area contributed by atoms with Gasteiger partial charge < -0.3 is 4.42 Å². The van der Waals surface area contributed by atoms with Crippen molar-refractivity contribution in [2.24, 2.45) is 0 Å². The van der Waals surface area contributed by atoms with Crippen LogP contribution < -0.4 is 5.63 Å². The average molecular weight is 172 g/mol. The van der Waals surface area contributed by atoms with Crippen LogP contribution in [0.1, 0.15) is 5.56 Å². The van der Waals surface area contributed by atoms with Crippen LogP contribution in [0.15, 0.2) is 39.7 Å². The van der Waals surface area contributed by atoms with Crippen LogP contribution in [0.25, 0.3) is 10.8 Å². The molecule has 2 nitrogen and oxygen atoms in total. The van der Waals surface area contributed by atoms with Crippen LogP contribution in [0, 0.1) is 0 Å². The number of hydrogen-bond donors (Lipinski definition) is 0. The van der Waals surface area contributed by atoms with E-state index in [2.05, 4.69) is 7.85 Å². The second-order valence-corrected chi connectivity index (χ2v) is 2.98. The zero-order valence-corrected chi connectivity index (χ0v) is 7.41. The summed E-state index contributed by atoms with van der Waals surface area (Å²) in [6.07, 6.45) is 2.42. The molecule has 0 aliphatic heterocycles. The van der Waals surface area contributed by atoms with E-state index >= 15 is 0 Å². The highest BCUT2D eigenvalue weighted by Crippen LogP contribution is 2.11. The molecule has 2 rings (SSSR count). The van der Waals surface area contributed by atoms with Crippen LogP contribution >= 0.6 is 0 Å². The fraction of sp³-hybridized carbons (Fsp3) is 0.100. The maximum absolute atomic E-state index is 11.2. The summed E-state index contributed by atoms with van der Waals surface area (Å²) in [6, 6.07) is 7.61. The smallest absolute Gasteiger partial charge is 0.343 e. The van der Waals surface area contributed by atoms with Gasteiger partial charge in [-0.15, -0.1) is 0 Å². The van der Waals surface area contributed by atoms with Crippen LogP contribution in [0.5, 0.6) is 0 Å². The summed E-state index contributed by atoms with van der Waals surface area (Å²) in [6.45, 7) is 0. The molecule has 0 bridgehead atoms. The van der Waals surface area contributed by atoms with Crippen molar-refractivity contribution in [3.05, 3.63) is 46.5 Å². The third-order valence-corrected chi connectivity index (χ3v) is 2.17. The Bertz CT molecular complexity index is 487. The van der Waals surface area contributed by atoms with Crippen molar-refractivity contribution in [2.45, 2.75) is 6.32 Å². The number of fused-ring (bicyclic) bond motifs is 1. The highest BCUT2D eigenvalue weighted by molar-refractivity contribution is 6.08. The SMILES string of the molecule is BCc1ccc2c(=O)occc2c1. The monoisotopic (exact) mass is 172 g/mol. The standard InChI is InChI=1S/C10H9BO2/c11-6-7-1-2-9-8(5-7)3-4-13-10(9)12/h1-5H,6,11H2. The van der Waals surface area contributed by atoms with Crippen LogP contribution in [-0.4, -0.2) is 7.85 Å². The van der Waals surface area contributed by atoms with E-state index in [0.29, 0.717) is 5.39 Å². The Labute approximate surface area is 76.6 Å². The lowest BCUT2D eigenvalue weighted by Gasteiger charge is -1.98. The van der Waals surface area contributed by atoms with Crippen molar-refractivity contribution in [3.8, 4) is 0 Å². The van der Waals surface area contributed by atoms with Crippen molar-refractivity contribution < 1.29 is 4.42 Å². The number of rotatable bonds is 1. The molecule has 0 spiro atoms. The molecule has 1 aromatic heterocycles. The minimum absolute atomic E-state index is 0.264. The third kappa shape index (κ3) is 1.37. The molecular weight excluding hydrogens is 163 g/mol. The number of benzene rings is 1. The van der Waals surface area contributed by atoms with Gasteiger partial charge in [-0.25, -0.2) is 4.79 Å². The maximum atomic E-state index is 11.2. The molecule has 0 saturated carbocycles. The summed E-state index contributed by atoms with van der Waals surface area (Å²) in [4.78, 5) is 11.2. The molecule has 0 aliphatic rings. The van der Waals surface area contributed by atoms with Gasteiger partial charge in [0.2, 0.25) is 0 Å². The Kier molecular flexibility index (Phi) is 1.93. The summed E-state index contributed by atoms with van der Waals surface area (Å²) in [5.74, 6) is 0. The first kappa shape index (κ1) is 8.11. The first-order valence-corrected chi connectivity index (χ1v) is 4.31. The van der Waals surface area contributed by atoms with Gasteiger partial charge >= 0.3 is 5.63 Å². The Morgan fingerprint density at radius 3 is 2.92 bits per heavy atom. The highest BCUT2D eigenvalue weighted by atomic mass is 16.4. The minimum Gasteiger partial charge on any atom is -0.431 e. The van der Waals surface area contributed by atoms with Crippen molar-refractivity contribution in [2.75, 3.05) is 0 Å². The van der Waals surface area contributed by atoms with Crippen LogP contribution in [0.4, 0.5) is 0 Å². The van der Waals surface area contributed by atoms with Gasteiger partial charge in [0.05, 0.1) is 11.6 Å². The molecule has 0 unspecified atom stereocenters. The van der Waals surface area contributed by atoms with Crippen molar-refractivity contribution in [1.82, 2.24) is 0 Å². The van der Waals surface area contributed by atoms with Gasteiger partial charge in [-0.2, -0.15) is 0 Å². The molecule has 3 heteroatoms. The lowest BCUT2D eigenvalue weighted by molar-refractivity contribution is 0.519. The Morgan fingerprint density at radius 1 is 1.31 bits per heavy atom. The molecule has 0 radical (unpaired) electrons. The molecule has 1 heterocycles. The fourth-order valence-electron chi connectivity index (χ4n) is 1.39. The van der Waals surface area contributed by atoms with E-state index in [4.69, 9.17) is 4.42 Å². The van der Waals surface area contributed by atoms with E-state index in [1.165, 1.54) is 11.8 Å². The molecule has 13 heavy (non-hydrogen) atoms. The molecule has 0 N–H and O–H groups in total. The minimum atomic E-state index is -0.264. The van der Waals surface area contributed by atoms with Crippen LogP contribution in [0.3, 0.4) is 0 Å². The third-order valence-electron chi connectivity index (χ3n) is 2.17.